The van der Waals surface area contributed by atoms with Crippen LogP contribution in [0.3, 0.4) is 0 Å². The molecule has 1 N–H and O–H groups in total. The number of hydrogen-bond donors (Lipinski definition) is 1. The van der Waals surface area contributed by atoms with E-state index in [-0.39, 0.29) is 17.7 Å². The monoisotopic (exact) mass is 492 g/mol. The predicted octanol–water partition coefficient (Wildman–Crippen LogP) is 6.10. The number of benzene rings is 2. The highest BCUT2D eigenvalue weighted by Gasteiger charge is 2.36. The van der Waals surface area contributed by atoms with Gasteiger partial charge in [0.25, 0.3) is 0 Å². The zero-order valence-corrected chi connectivity index (χ0v) is 19.6. The molecule has 0 radical (unpaired) electrons. The van der Waals surface area contributed by atoms with E-state index < -0.39 is 0 Å². The van der Waals surface area contributed by atoms with Crippen LogP contribution in [0.4, 0.5) is 0 Å². The van der Waals surface area contributed by atoms with E-state index in [1.165, 1.54) is 0 Å². The van der Waals surface area contributed by atoms with Crippen LogP contribution in [0, 0.1) is 0 Å². The summed E-state index contributed by atoms with van der Waals surface area (Å²) in [6.07, 6.45) is 3.91. The first kappa shape index (κ1) is 23.1. The third kappa shape index (κ3) is 5.46. The summed E-state index contributed by atoms with van der Waals surface area (Å²) in [5.41, 5.74) is 1.60. The van der Waals surface area contributed by atoms with Crippen LogP contribution in [0.25, 0.3) is 11.3 Å². The van der Waals surface area contributed by atoms with Crippen molar-refractivity contribution in [1.82, 2.24) is 10.3 Å². The van der Waals surface area contributed by atoms with Crippen LogP contribution in [0.5, 0.6) is 0 Å². The summed E-state index contributed by atoms with van der Waals surface area (Å²) >= 11 is 18.5. The van der Waals surface area contributed by atoms with E-state index in [2.05, 4.69) is 10.3 Å². The Kier molecular flexibility index (Phi) is 7.41. The first-order valence-corrected chi connectivity index (χ1v) is 11.6. The van der Waals surface area contributed by atoms with Crippen LogP contribution in [0.2, 0.25) is 15.1 Å². The molecule has 0 aliphatic carbocycles. The lowest BCUT2D eigenvalue weighted by Gasteiger charge is -2.38. The minimum absolute atomic E-state index is 0.0628. The number of amides is 1. The lowest BCUT2D eigenvalue weighted by atomic mass is 9.74. The van der Waals surface area contributed by atoms with Crippen LogP contribution in [0.1, 0.15) is 30.7 Å². The smallest absolute Gasteiger partial charge is 0.220 e. The molecule has 0 bridgehead atoms. The second-order valence-corrected chi connectivity index (χ2v) is 9.20. The van der Waals surface area contributed by atoms with Gasteiger partial charge in [-0.3, -0.25) is 4.79 Å². The molecule has 0 spiro atoms. The number of hydrogen-bond acceptors (Lipinski definition) is 4. The first-order valence-electron chi connectivity index (χ1n) is 10.5. The van der Waals surface area contributed by atoms with Gasteiger partial charge in [-0.05, 0) is 54.8 Å². The maximum atomic E-state index is 12.6. The van der Waals surface area contributed by atoms with Gasteiger partial charge in [0.15, 0.2) is 11.7 Å². The normalized spacial score (nSPS) is 15.5. The van der Waals surface area contributed by atoms with Crippen molar-refractivity contribution in [3.05, 3.63) is 75.2 Å². The number of halogens is 3. The van der Waals surface area contributed by atoms with Gasteiger partial charge >= 0.3 is 0 Å². The van der Waals surface area contributed by atoms with Crippen molar-refractivity contribution in [3.8, 4) is 11.3 Å². The van der Waals surface area contributed by atoms with E-state index >= 15 is 0 Å². The quantitative estimate of drug-likeness (QED) is 0.432. The Morgan fingerprint density at radius 2 is 1.75 bits per heavy atom. The lowest BCUT2D eigenvalue weighted by molar-refractivity contribution is -0.121. The van der Waals surface area contributed by atoms with Crippen molar-refractivity contribution < 1.29 is 13.9 Å². The van der Waals surface area contributed by atoms with Crippen molar-refractivity contribution in [1.29, 1.82) is 0 Å². The number of aromatic nitrogens is 1. The molecule has 32 heavy (non-hydrogen) atoms. The SMILES string of the molecule is O=C(CCc1ncc(-c2ccc(Cl)cc2)o1)NCC1(c2ccc(Cl)cc2Cl)CCOCC1. The van der Waals surface area contributed by atoms with Gasteiger partial charge in [-0.1, -0.05) is 40.9 Å². The van der Waals surface area contributed by atoms with E-state index in [1.54, 1.807) is 24.4 Å². The fourth-order valence-electron chi connectivity index (χ4n) is 3.97. The number of nitrogens with one attached hydrogen (secondary N) is 1. The number of carbonyl (C=O) groups excluding carboxylic acids is 1. The highest BCUT2D eigenvalue weighted by Crippen LogP contribution is 2.39. The molecule has 1 aliphatic heterocycles. The number of aryl methyl sites for hydroxylation is 1. The van der Waals surface area contributed by atoms with Crippen molar-refractivity contribution in [2.24, 2.45) is 0 Å². The summed E-state index contributed by atoms with van der Waals surface area (Å²) in [4.78, 5) is 16.9. The third-order valence-corrected chi connectivity index (χ3v) is 6.62. The molecule has 1 saturated heterocycles. The van der Waals surface area contributed by atoms with Gasteiger partial charge in [0.1, 0.15) is 0 Å². The van der Waals surface area contributed by atoms with Crippen molar-refractivity contribution >= 4 is 40.7 Å². The molecular formula is C24H23Cl3N2O3. The fourth-order valence-corrected chi connectivity index (χ4v) is 4.71. The molecule has 1 amide bonds. The summed E-state index contributed by atoms with van der Waals surface area (Å²) in [7, 11) is 0. The molecule has 5 nitrogen and oxygen atoms in total. The number of ether oxygens (including phenoxy) is 1. The molecular weight excluding hydrogens is 471 g/mol. The zero-order chi connectivity index (χ0) is 22.6. The van der Waals surface area contributed by atoms with Gasteiger partial charge in [-0.25, -0.2) is 4.98 Å². The molecule has 1 fully saturated rings. The van der Waals surface area contributed by atoms with E-state index in [4.69, 9.17) is 44.0 Å². The van der Waals surface area contributed by atoms with Gasteiger partial charge in [0, 0.05) is 58.6 Å². The topological polar surface area (TPSA) is 64.4 Å². The summed E-state index contributed by atoms with van der Waals surface area (Å²) < 4.78 is 11.3. The molecule has 1 aromatic heterocycles. The minimum Gasteiger partial charge on any atom is -0.441 e. The average Bonchev–Trinajstić information content (AvgIpc) is 3.26. The van der Waals surface area contributed by atoms with E-state index in [1.807, 2.05) is 24.3 Å². The average molecular weight is 494 g/mol. The molecule has 0 atom stereocenters. The third-order valence-electron chi connectivity index (χ3n) is 5.82. The van der Waals surface area contributed by atoms with Crippen LogP contribution >= 0.6 is 34.8 Å². The molecule has 8 heteroatoms. The van der Waals surface area contributed by atoms with E-state index in [9.17, 15) is 4.79 Å². The maximum absolute atomic E-state index is 12.6. The summed E-state index contributed by atoms with van der Waals surface area (Å²) in [6, 6.07) is 12.9. The minimum atomic E-state index is -0.278. The van der Waals surface area contributed by atoms with Crippen molar-refractivity contribution in [3.63, 3.8) is 0 Å². The Balaban J connectivity index is 1.36. The van der Waals surface area contributed by atoms with E-state index in [0.717, 1.165) is 24.0 Å². The molecule has 1 aliphatic rings. The van der Waals surface area contributed by atoms with Crippen molar-refractivity contribution in [2.75, 3.05) is 19.8 Å². The van der Waals surface area contributed by atoms with Crippen molar-refractivity contribution in [2.45, 2.75) is 31.1 Å². The lowest BCUT2D eigenvalue weighted by Crippen LogP contribution is -2.44. The Morgan fingerprint density at radius 3 is 2.47 bits per heavy atom. The Hall–Kier alpha value is -2.05. The maximum Gasteiger partial charge on any atom is 0.220 e. The molecule has 3 aromatic rings. The number of rotatable bonds is 7. The van der Waals surface area contributed by atoms with Gasteiger partial charge in [-0.2, -0.15) is 0 Å². The molecule has 168 valence electrons. The van der Waals surface area contributed by atoms with Gasteiger partial charge in [0.2, 0.25) is 5.91 Å². The summed E-state index contributed by atoms with van der Waals surface area (Å²) in [5, 5.41) is 4.94. The number of nitrogens with zero attached hydrogens (tertiary/aromatic N) is 1. The van der Waals surface area contributed by atoms with Gasteiger partial charge < -0.3 is 14.5 Å². The highest BCUT2D eigenvalue weighted by atomic mass is 35.5. The van der Waals surface area contributed by atoms with Crippen LogP contribution in [0.15, 0.2) is 53.1 Å². The highest BCUT2D eigenvalue weighted by molar-refractivity contribution is 6.35. The zero-order valence-electron chi connectivity index (χ0n) is 17.4. The fraction of sp³-hybridized carbons (Fsp3) is 0.333. The molecule has 2 heterocycles. The van der Waals surface area contributed by atoms with Gasteiger partial charge in [0.05, 0.1) is 6.20 Å². The van der Waals surface area contributed by atoms with Crippen LogP contribution in [-0.2, 0) is 21.4 Å². The van der Waals surface area contributed by atoms with Crippen LogP contribution in [-0.4, -0.2) is 30.6 Å². The summed E-state index contributed by atoms with van der Waals surface area (Å²) in [5.74, 6) is 1.11. The van der Waals surface area contributed by atoms with E-state index in [0.29, 0.717) is 52.9 Å². The Morgan fingerprint density at radius 1 is 1.03 bits per heavy atom. The molecule has 2 aromatic carbocycles. The second kappa shape index (κ2) is 10.3. The number of oxazole rings is 1. The molecule has 0 unspecified atom stereocenters. The number of carbonyl (C=O) groups is 1. The largest absolute Gasteiger partial charge is 0.441 e. The Bertz CT molecular complexity index is 1080. The Labute approximate surface area is 202 Å². The first-order chi connectivity index (χ1) is 15.4. The van der Waals surface area contributed by atoms with Crippen LogP contribution < -0.4 is 5.32 Å². The second-order valence-electron chi connectivity index (χ2n) is 7.92. The standard InChI is InChI=1S/C24H23Cl3N2O3/c25-17-3-1-16(2-4-17)21-14-28-23(32-21)8-7-22(30)29-15-24(9-11-31-12-10-24)19-6-5-18(26)13-20(19)27/h1-6,13-14H,7-12,15H2,(H,29,30). The summed E-state index contributed by atoms with van der Waals surface area (Å²) in [6.45, 7) is 1.73. The predicted molar refractivity (Wildman–Crippen MR) is 126 cm³/mol. The molecule has 4 rings (SSSR count). The molecule has 0 saturated carbocycles. The van der Waals surface area contributed by atoms with Gasteiger partial charge in [-0.15, -0.1) is 0 Å².